The summed E-state index contributed by atoms with van der Waals surface area (Å²) in [6.45, 7) is 2.34. The molecule has 3 unspecified atom stereocenters. The Morgan fingerprint density at radius 3 is 2.93 bits per heavy atom. The van der Waals surface area contributed by atoms with Gasteiger partial charge in [0.25, 0.3) is 0 Å². The second-order valence-corrected chi connectivity index (χ2v) is 5.87. The molecule has 1 heterocycles. The van der Waals surface area contributed by atoms with Crippen molar-refractivity contribution >= 4 is 15.9 Å². The average molecular weight is 273 g/mol. The van der Waals surface area contributed by atoms with Crippen LogP contribution in [0.4, 0.5) is 0 Å². The highest BCUT2D eigenvalue weighted by atomic mass is 79.9. The van der Waals surface area contributed by atoms with Crippen LogP contribution in [0.2, 0.25) is 0 Å². The molecule has 0 aromatic carbocycles. The molecule has 0 bridgehead atoms. The Labute approximate surface area is 98.6 Å². The number of nitrogens with zero attached hydrogens (tertiary/aromatic N) is 4. The lowest BCUT2D eigenvalue weighted by Gasteiger charge is -2.31. The molecule has 1 aliphatic rings. The maximum Gasteiger partial charge on any atom is 0.151 e. The first kappa shape index (κ1) is 11.0. The summed E-state index contributed by atoms with van der Waals surface area (Å²) in [5.41, 5.74) is 0. The number of hydrogen-bond donors (Lipinski definition) is 0. The molecule has 5 heteroatoms. The van der Waals surface area contributed by atoms with Gasteiger partial charge in [0.1, 0.15) is 0 Å². The van der Waals surface area contributed by atoms with E-state index in [0.717, 1.165) is 18.2 Å². The summed E-state index contributed by atoms with van der Waals surface area (Å²) < 4.78 is 1.78. The zero-order chi connectivity index (χ0) is 10.8. The Balaban J connectivity index is 2.01. The van der Waals surface area contributed by atoms with Crippen molar-refractivity contribution in [2.24, 2.45) is 18.9 Å². The van der Waals surface area contributed by atoms with E-state index in [4.69, 9.17) is 0 Å². The van der Waals surface area contributed by atoms with Gasteiger partial charge in [0.2, 0.25) is 0 Å². The fraction of sp³-hybridized carbons (Fsp3) is 0.900. The van der Waals surface area contributed by atoms with Gasteiger partial charge >= 0.3 is 0 Å². The van der Waals surface area contributed by atoms with Gasteiger partial charge in [0.05, 0.1) is 0 Å². The van der Waals surface area contributed by atoms with Crippen LogP contribution in [0.25, 0.3) is 0 Å². The van der Waals surface area contributed by atoms with Crippen LogP contribution in [0.15, 0.2) is 0 Å². The minimum absolute atomic E-state index is 0.680. The summed E-state index contributed by atoms with van der Waals surface area (Å²) >= 11 is 3.72. The van der Waals surface area contributed by atoms with Crippen LogP contribution in [0.3, 0.4) is 0 Å². The van der Waals surface area contributed by atoms with Crippen molar-refractivity contribution in [3.05, 3.63) is 5.82 Å². The fourth-order valence-electron chi connectivity index (χ4n) is 2.30. The van der Waals surface area contributed by atoms with Crippen molar-refractivity contribution in [2.75, 3.05) is 0 Å². The number of aryl methyl sites for hydroxylation is 1. The van der Waals surface area contributed by atoms with Gasteiger partial charge in [-0.25, -0.2) is 4.68 Å². The fourth-order valence-corrected chi connectivity index (χ4v) is 3.04. The van der Waals surface area contributed by atoms with Crippen LogP contribution in [0.5, 0.6) is 0 Å². The summed E-state index contributed by atoms with van der Waals surface area (Å²) in [5.74, 6) is 2.51. The topological polar surface area (TPSA) is 43.6 Å². The summed E-state index contributed by atoms with van der Waals surface area (Å²) in [4.78, 5) is 0.680. The number of tetrazole rings is 1. The standard InChI is InChI=1S/C10H17BrN4/c1-7-3-4-9(11)5-8(7)6-10-12-13-14-15(10)2/h7-9H,3-6H2,1-2H3. The molecule has 1 aromatic heterocycles. The molecule has 1 fully saturated rings. The number of rotatable bonds is 2. The first-order valence-electron chi connectivity index (χ1n) is 5.52. The molecule has 0 saturated heterocycles. The quantitative estimate of drug-likeness (QED) is 0.773. The minimum Gasteiger partial charge on any atom is -0.233 e. The number of aromatic nitrogens is 4. The van der Waals surface area contributed by atoms with Crippen molar-refractivity contribution in [3.63, 3.8) is 0 Å². The van der Waals surface area contributed by atoms with Gasteiger partial charge in [-0.05, 0) is 41.5 Å². The molecule has 15 heavy (non-hydrogen) atoms. The van der Waals surface area contributed by atoms with E-state index in [1.165, 1.54) is 19.3 Å². The van der Waals surface area contributed by atoms with E-state index in [1.807, 2.05) is 7.05 Å². The van der Waals surface area contributed by atoms with Crippen LogP contribution in [-0.4, -0.2) is 25.0 Å². The molecule has 4 nitrogen and oxygen atoms in total. The zero-order valence-corrected chi connectivity index (χ0v) is 10.8. The first-order chi connectivity index (χ1) is 7.16. The van der Waals surface area contributed by atoms with E-state index in [0.29, 0.717) is 10.7 Å². The number of hydrogen-bond acceptors (Lipinski definition) is 3. The van der Waals surface area contributed by atoms with Crippen molar-refractivity contribution in [1.82, 2.24) is 20.2 Å². The maximum absolute atomic E-state index is 4.06. The van der Waals surface area contributed by atoms with Gasteiger partial charge in [0.15, 0.2) is 5.82 Å². The third-order valence-corrected chi connectivity index (χ3v) is 4.28. The van der Waals surface area contributed by atoms with Crippen LogP contribution >= 0.6 is 15.9 Å². The minimum atomic E-state index is 0.680. The van der Waals surface area contributed by atoms with Crippen LogP contribution in [0.1, 0.15) is 32.0 Å². The zero-order valence-electron chi connectivity index (χ0n) is 9.23. The molecule has 2 rings (SSSR count). The number of alkyl halides is 1. The Morgan fingerprint density at radius 2 is 2.27 bits per heavy atom. The predicted octanol–water partition coefficient (Wildman–Crippen LogP) is 1.95. The van der Waals surface area contributed by atoms with Crippen LogP contribution < -0.4 is 0 Å². The Kier molecular flexibility index (Phi) is 3.38. The molecule has 1 saturated carbocycles. The summed E-state index contributed by atoms with van der Waals surface area (Å²) in [6, 6.07) is 0. The van der Waals surface area contributed by atoms with Gasteiger partial charge < -0.3 is 0 Å². The highest BCUT2D eigenvalue weighted by molar-refractivity contribution is 9.09. The van der Waals surface area contributed by atoms with Gasteiger partial charge in [-0.3, -0.25) is 0 Å². The highest BCUT2D eigenvalue weighted by Crippen LogP contribution is 2.35. The number of halogens is 1. The van der Waals surface area contributed by atoms with E-state index in [-0.39, 0.29) is 0 Å². The first-order valence-corrected chi connectivity index (χ1v) is 6.43. The van der Waals surface area contributed by atoms with Crippen molar-refractivity contribution < 1.29 is 0 Å². The van der Waals surface area contributed by atoms with E-state index in [1.54, 1.807) is 4.68 Å². The third kappa shape index (κ3) is 2.56. The Bertz CT molecular complexity index is 325. The molecule has 0 radical (unpaired) electrons. The lowest BCUT2D eigenvalue weighted by atomic mass is 9.78. The van der Waals surface area contributed by atoms with E-state index >= 15 is 0 Å². The third-order valence-electron chi connectivity index (χ3n) is 3.45. The average Bonchev–Trinajstić information content (AvgIpc) is 2.58. The lowest BCUT2D eigenvalue weighted by molar-refractivity contribution is 0.257. The van der Waals surface area contributed by atoms with E-state index < -0.39 is 0 Å². The summed E-state index contributed by atoms with van der Waals surface area (Å²) in [7, 11) is 1.91. The molecular weight excluding hydrogens is 256 g/mol. The summed E-state index contributed by atoms with van der Waals surface area (Å²) in [5, 5.41) is 11.6. The van der Waals surface area contributed by atoms with E-state index in [2.05, 4.69) is 38.4 Å². The SMILES string of the molecule is CC1CCC(Br)CC1Cc1nnnn1C. The van der Waals surface area contributed by atoms with Gasteiger partial charge in [-0.1, -0.05) is 22.9 Å². The predicted molar refractivity (Wildman–Crippen MR) is 61.7 cm³/mol. The van der Waals surface area contributed by atoms with Crippen LogP contribution in [-0.2, 0) is 13.5 Å². The lowest BCUT2D eigenvalue weighted by Crippen LogP contribution is -2.25. The van der Waals surface area contributed by atoms with Gasteiger partial charge in [-0.15, -0.1) is 5.10 Å². The van der Waals surface area contributed by atoms with Crippen molar-refractivity contribution in [2.45, 2.75) is 37.4 Å². The molecule has 3 atom stereocenters. The molecule has 0 N–H and O–H groups in total. The maximum atomic E-state index is 4.06. The second-order valence-electron chi connectivity index (χ2n) is 4.57. The molecule has 0 aliphatic heterocycles. The molecular formula is C10H17BrN4. The molecule has 0 amide bonds. The van der Waals surface area contributed by atoms with Crippen molar-refractivity contribution in [3.8, 4) is 0 Å². The second kappa shape index (κ2) is 4.60. The molecule has 84 valence electrons. The van der Waals surface area contributed by atoms with Gasteiger partial charge in [0, 0.05) is 18.3 Å². The van der Waals surface area contributed by atoms with E-state index in [9.17, 15) is 0 Å². The van der Waals surface area contributed by atoms with Gasteiger partial charge in [-0.2, -0.15) is 0 Å². The normalized spacial score (nSPS) is 31.8. The molecule has 1 aromatic rings. The highest BCUT2D eigenvalue weighted by Gasteiger charge is 2.27. The molecule has 0 spiro atoms. The monoisotopic (exact) mass is 272 g/mol. The smallest absolute Gasteiger partial charge is 0.151 e. The van der Waals surface area contributed by atoms with Crippen LogP contribution in [0, 0.1) is 11.8 Å². The largest absolute Gasteiger partial charge is 0.233 e. The summed E-state index contributed by atoms with van der Waals surface area (Å²) in [6.07, 6.45) is 4.86. The van der Waals surface area contributed by atoms with Crippen molar-refractivity contribution in [1.29, 1.82) is 0 Å². The Morgan fingerprint density at radius 1 is 1.47 bits per heavy atom. The molecule has 1 aliphatic carbocycles. The Hall–Kier alpha value is -0.450.